The molecule has 0 unspecified atom stereocenters. The second-order valence-corrected chi connectivity index (χ2v) is 4.27. The highest BCUT2D eigenvalue weighted by atomic mass is 79.9. The van der Waals surface area contributed by atoms with Crippen LogP contribution in [0.3, 0.4) is 0 Å². The van der Waals surface area contributed by atoms with Crippen molar-refractivity contribution in [2.24, 2.45) is 0 Å². The Labute approximate surface area is 88.6 Å². The molecule has 1 aromatic heterocycles. The average Bonchev–Trinajstić information content (AvgIpc) is 2.48. The summed E-state index contributed by atoms with van der Waals surface area (Å²) in [5, 5.41) is 0. The Morgan fingerprint density at radius 2 is 2.62 bits per heavy atom. The van der Waals surface area contributed by atoms with Gasteiger partial charge in [0.1, 0.15) is 0 Å². The Morgan fingerprint density at radius 1 is 1.85 bits per heavy atom. The van der Waals surface area contributed by atoms with Crippen LogP contribution in [0.4, 0.5) is 0 Å². The Kier molecular flexibility index (Phi) is 4.11. The lowest BCUT2D eigenvalue weighted by Crippen LogP contribution is -1.98. The van der Waals surface area contributed by atoms with E-state index >= 15 is 0 Å². The fraction of sp³-hybridized carbons (Fsp3) is 0.250. The zero-order valence-electron chi connectivity index (χ0n) is 6.99. The van der Waals surface area contributed by atoms with Gasteiger partial charge in [-0.05, 0) is 28.9 Å². The minimum atomic E-state index is -0.345. The molecular formula is C8H8BrNO2S. The molecule has 3 nitrogen and oxygen atoms in total. The van der Waals surface area contributed by atoms with E-state index < -0.39 is 0 Å². The van der Waals surface area contributed by atoms with E-state index in [1.807, 2.05) is 0 Å². The van der Waals surface area contributed by atoms with Crippen LogP contribution in [0.25, 0.3) is 6.08 Å². The number of thiazole rings is 1. The summed E-state index contributed by atoms with van der Waals surface area (Å²) in [6.45, 7) is 2.16. The van der Waals surface area contributed by atoms with Gasteiger partial charge in [-0.25, -0.2) is 9.78 Å². The smallest absolute Gasteiger partial charge is 0.330 e. The first-order valence-corrected chi connectivity index (χ1v) is 5.35. The van der Waals surface area contributed by atoms with E-state index in [1.54, 1.807) is 18.5 Å². The fourth-order valence-corrected chi connectivity index (χ4v) is 1.67. The Balaban J connectivity index is 2.58. The molecule has 13 heavy (non-hydrogen) atoms. The first-order valence-electron chi connectivity index (χ1n) is 3.68. The van der Waals surface area contributed by atoms with Crippen LogP contribution < -0.4 is 0 Å². The summed E-state index contributed by atoms with van der Waals surface area (Å²) in [6.07, 6.45) is 2.99. The second kappa shape index (κ2) is 5.14. The quantitative estimate of drug-likeness (QED) is 0.620. The molecule has 0 saturated heterocycles. The molecule has 0 saturated carbocycles. The van der Waals surface area contributed by atoms with Crippen LogP contribution in [0.2, 0.25) is 0 Å². The molecule has 70 valence electrons. The van der Waals surface area contributed by atoms with Crippen LogP contribution in [0.15, 0.2) is 15.4 Å². The summed E-state index contributed by atoms with van der Waals surface area (Å²) in [6, 6.07) is 0. The van der Waals surface area contributed by atoms with Gasteiger partial charge in [0.25, 0.3) is 0 Å². The zero-order chi connectivity index (χ0) is 9.68. The number of hydrogen-bond donors (Lipinski definition) is 0. The van der Waals surface area contributed by atoms with E-state index in [0.29, 0.717) is 6.61 Å². The first-order chi connectivity index (χ1) is 6.24. The van der Waals surface area contributed by atoms with Crippen LogP contribution in [0, 0.1) is 0 Å². The molecule has 0 atom stereocenters. The number of aromatic nitrogens is 1. The molecule has 1 rings (SSSR count). The van der Waals surface area contributed by atoms with Crippen LogP contribution >= 0.6 is 27.3 Å². The van der Waals surface area contributed by atoms with Crippen molar-refractivity contribution in [1.29, 1.82) is 0 Å². The number of carbonyl (C=O) groups excluding carboxylic acids is 1. The minimum Gasteiger partial charge on any atom is -0.463 e. The molecule has 0 bridgehead atoms. The summed E-state index contributed by atoms with van der Waals surface area (Å²) >= 11 is 4.78. The molecule has 1 heterocycles. The highest BCUT2D eigenvalue weighted by molar-refractivity contribution is 9.11. The van der Waals surface area contributed by atoms with Crippen molar-refractivity contribution in [3.8, 4) is 0 Å². The third kappa shape index (κ3) is 3.28. The van der Waals surface area contributed by atoms with Gasteiger partial charge in [-0.2, -0.15) is 0 Å². The summed E-state index contributed by atoms with van der Waals surface area (Å²) in [5.74, 6) is -0.345. The van der Waals surface area contributed by atoms with Crippen LogP contribution in [-0.2, 0) is 9.53 Å². The molecule has 0 spiro atoms. The Hall–Kier alpha value is -0.680. The largest absolute Gasteiger partial charge is 0.463 e. The number of ether oxygens (including phenoxy) is 1. The van der Waals surface area contributed by atoms with Gasteiger partial charge in [0.05, 0.1) is 21.6 Å². The van der Waals surface area contributed by atoms with E-state index in [4.69, 9.17) is 4.74 Å². The third-order valence-corrected chi connectivity index (χ3v) is 2.81. The lowest BCUT2D eigenvalue weighted by Gasteiger charge is -1.93. The van der Waals surface area contributed by atoms with Crippen LogP contribution in [0.1, 0.15) is 12.6 Å². The molecule has 0 aliphatic carbocycles. The van der Waals surface area contributed by atoms with Crippen LogP contribution in [-0.4, -0.2) is 17.6 Å². The molecule has 0 aliphatic rings. The maximum absolute atomic E-state index is 10.9. The van der Waals surface area contributed by atoms with Gasteiger partial charge in [0.2, 0.25) is 0 Å². The number of halogens is 1. The molecule has 0 N–H and O–H groups in total. The second-order valence-electron chi connectivity index (χ2n) is 2.10. The normalized spacial score (nSPS) is 10.6. The maximum Gasteiger partial charge on any atom is 0.330 e. The predicted molar refractivity (Wildman–Crippen MR) is 55.5 cm³/mol. The summed E-state index contributed by atoms with van der Waals surface area (Å²) in [7, 11) is 0. The van der Waals surface area contributed by atoms with Crippen molar-refractivity contribution in [2.75, 3.05) is 6.61 Å². The van der Waals surface area contributed by atoms with Crippen molar-refractivity contribution in [3.05, 3.63) is 21.1 Å². The predicted octanol–water partition coefficient (Wildman–Crippen LogP) is 2.48. The standard InChI is InChI=1S/C8H8BrNO2S/c1-2-12-7(11)4-3-6-8(9)13-5-10-6/h3-5H,2H2,1H3/b4-3+. The zero-order valence-corrected chi connectivity index (χ0v) is 9.39. The number of hydrogen-bond acceptors (Lipinski definition) is 4. The number of esters is 1. The molecular weight excluding hydrogens is 254 g/mol. The lowest BCUT2D eigenvalue weighted by molar-refractivity contribution is -0.137. The average molecular weight is 262 g/mol. The highest BCUT2D eigenvalue weighted by Gasteiger charge is 1.99. The lowest BCUT2D eigenvalue weighted by atomic mass is 10.4. The van der Waals surface area contributed by atoms with E-state index in [9.17, 15) is 4.79 Å². The third-order valence-electron chi connectivity index (χ3n) is 1.21. The molecule has 0 fully saturated rings. The topological polar surface area (TPSA) is 39.2 Å². The monoisotopic (exact) mass is 261 g/mol. The van der Waals surface area contributed by atoms with E-state index in [0.717, 1.165) is 9.48 Å². The van der Waals surface area contributed by atoms with Gasteiger partial charge in [0, 0.05) is 6.08 Å². The highest BCUT2D eigenvalue weighted by Crippen LogP contribution is 2.21. The van der Waals surface area contributed by atoms with E-state index in [1.165, 1.54) is 17.4 Å². The molecule has 0 aromatic carbocycles. The van der Waals surface area contributed by atoms with Crippen molar-refractivity contribution in [2.45, 2.75) is 6.92 Å². The fourth-order valence-electron chi connectivity index (χ4n) is 0.686. The summed E-state index contributed by atoms with van der Waals surface area (Å²) in [5.41, 5.74) is 2.45. The van der Waals surface area contributed by atoms with E-state index in [-0.39, 0.29) is 5.97 Å². The Bertz CT molecular complexity index is 322. The number of rotatable bonds is 3. The van der Waals surface area contributed by atoms with Gasteiger partial charge >= 0.3 is 5.97 Å². The number of carbonyl (C=O) groups is 1. The summed E-state index contributed by atoms with van der Waals surface area (Å²) < 4.78 is 5.62. The van der Waals surface area contributed by atoms with Crippen molar-refractivity contribution in [3.63, 3.8) is 0 Å². The van der Waals surface area contributed by atoms with Crippen molar-refractivity contribution >= 4 is 39.3 Å². The maximum atomic E-state index is 10.9. The molecule has 0 radical (unpaired) electrons. The molecule has 0 amide bonds. The van der Waals surface area contributed by atoms with Gasteiger partial charge in [-0.15, -0.1) is 11.3 Å². The van der Waals surface area contributed by atoms with E-state index in [2.05, 4.69) is 20.9 Å². The van der Waals surface area contributed by atoms with Gasteiger partial charge < -0.3 is 4.74 Å². The van der Waals surface area contributed by atoms with Crippen molar-refractivity contribution in [1.82, 2.24) is 4.98 Å². The number of nitrogens with zero attached hydrogens (tertiary/aromatic N) is 1. The van der Waals surface area contributed by atoms with Gasteiger partial charge in [-0.1, -0.05) is 0 Å². The molecule has 5 heteroatoms. The van der Waals surface area contributed by atoms with Gasteiger partial charge in [0.15, 0.2) is 0 Å². The van der Waals surface area contributed by atoms with Gasteiger partial charge in [-0.3, -0.25) is 0 Å². The SMILES string of the molecule is CCOC(=O)/C=C/c1ncsc1Br. The molecule has 0 aliphatic heterocycles. The summed E-state index contributed by atoms with van der Waals surface area (Å²) in [4.78, 5) is 14.9. The van der Waals surface area contributed by atoms with Crippen LogP contribution in [0.5, 0.6) is 0 Å². The molecule has 1 aromatic rings. The first kappa shape index (κ1) is 10.4. The minimum absolute atomic E-state index is 0.345. The van der Waals surface area contributed by atoms with Crippen molar-refractivity contribution < 1.29 is 9.53 Å². The Morgan fingerprint density at radius 3 is 3.15 bits per heavy atom.